The maximum atomic E-state index is 12.9. The molecule has 188 valence electrons. The highest BCUT2D eigenvalue weighted by Crippen LogP contribution is 2.42. The minimum Gasteiger partial charge on any atom is -0.497 e. The van der Waals surface area contributed by atoms with Gasteiger partial charge < -0.3 is 33.2 Å². The lowest BCUT2D eigenvalue weighted by molar-refractivity contribution is 0.0721. The molecule has 0 unspecified atom stereocenters. The third-order valence-corrected chi connectivity index (χ3v) is 5.09. The Morgan fingerprint density at radius 1 is 0.765 bits per heavy atom. The average molecular weight is 477 g/mol. The monoisotopic (exact) mass is 476 g/mol. The van der Waals surface area contributed by atoms with Crippen molar-refractivity contribution in [2.24, 2.45) is 0 Å². The number of hydrogen-bond donors (Lipinski definition) is 0. The molecule has 0 aliphatic carbocycles. The zero-order valence-electron chi connectivity index (χ0n) is 20.8. The number of carbonyl (C=O) groups is 1. The lowest BCUT2D eigenvalue weighted by Crippen LogP contribution is -2.14. The molecule has 0 atom stereocenters. The normalized spacial score (nSPS) is 10.9. The highest BCUT2D eigenvalue weighted by Gasteiger charge is 2.24. The Hall–Kier alpha value is -2.65. The number of rotatable bonds is 17. The van der Waals surface area contributed by atoms with Gasteiger partial charge in [-0.1, -0.05) is 12.1 Å². The maximum absolute atomic E-state index is 12.9. The summed E-state index contributed by atoms with van der Waals surface area (Å²) < 4.78 is 38.6. The summed E-state index contributed by atoms with van der Waals surface area (Å²) in [7, 11) is 6.46. The first-order valence-corrected chi connectivity index (χ1v) is 11.2. The van der Waals surface area contributed by atoms with E-state index in [4.69, 9.17) is 33.2 Å². The summed E-state index contributed by atoms with van der Waals surface area (Å²) in [5.41, 5.74) is 2.96. The average Bonchev–Trinajstić information content (AvgIpc) is 2.84. The van der Waals surface area contributed by atoms with Crippen LogP contribution in [0.25, 0.3) is 11.1 Å². The van der Waals surface area contributed by atoms with Gasteiger partial charge in [0.05, 0.1) is 45.7 Å². The van der Waals surface area contributed by atoms with Crippen LogP contribution in [0.5, 0.6) is 17.2 Å². The van der Waals surface area contributed by atoms with E-state index in [1.807, 2.05) is 24.3 Å². The maximum Gasteiger partial charge on any atom is 0.163 e. The molecule has 0 saturated carbocycles. The summed E-state index contributed by atoms with van der Waals surface area (Å²) in [6, 6.07) is 9.43. The molecule has 0 fully saturated rings. The molecule has 2 rings (SSSR count). The lowest BCUT2D eigenvalue weighted by Gasteiger charge is -2.22. The zero-order valence-corrected chi connectivity index (χ0v) is 20.8. The van der Waals surface area contributed by atoms with Crippen molar-refractivity contribution in [3.05, 3.63) is 41.5 Å². The Morgan fingerprint density at radius 2 is 1.41 bits per heavy atom. The van der Waals surface area contributed by atoms with Crippen molar-refractivity contribution in [1.29, 1.82) is 0 Å². The van der Waals surface area contributed by atoms with E-state index >= 15 is 0 Å². The summed E-state index contributed by atoms with van der Waals surface area (Å²) in [6.45, 7) is 4.35. The van der Waals surface area contributed by atoms with Crippen molar-refractivity contribution in [2.75, 3.05) is 74.7 Å². The number of methoxy groups -OCH3 is 4. The van der Waals surface area contributed by atoms with Crippen LogP contribution in [-0.4, -0.2) is 80.5 Å². The fraction of sp³-hybridized carbons (Fsp3) is 0.500. The Bertz CT molecular complexity index is 897. The van der Waals surface area contributed by atoms with Crippen LogP contribution in [0.2, 0.25) is 0 Å². The number of hydrogen-bond acceptors (Lipinski definition) is 8. The van der Waals surface area contributed by atoms with Gasteiger partial charge in [-0.2, -0.15) is 0 Å². The minimum absolute atomic E-state index is 0.105. The molecule has 0 aliphatic rings. The van der Waals surface area contributed by atoms with Gasteiger partial charge in [0.15, 0.2) is 5.78 Å². The predicted molar refractivity (Wildman–Crippen MR) is 130 cm³/mol. The van der Waals surface area contributed by atoms with Gasteiger partial charge in [-0.3, -0.25) is 4.79 Å². The van der Waals surface area contributed by atoms with Crippen LogP contribution >= 0.6 is 0 Å². The highest BCUT2D eigenvalue weighted by molar-refractivity contribution is 6.01. The summed E-state index contributed by atoms with van der Waals surface area (Å²) >= 11 is 0. The first-order valence-electron chi connectivity index (χ1n) is 11.2. The Kier molecular flexibility index (Phi) is 12.4. The first kappa shape index (κ1) is 27.6. The fourth-order valence-electron chi connectivity index (χ4n) is 3.53. The van der Waals surface area contributed by atoms with Gasteiger partial charge in [-0.25, -0.2) is 0 Å². The van der Waals surface area contributed by atoms with Gasteiger partial charge in [-0.15, -0.1) is 0 Å². The van der Waals surface area contributed by atoms with E-state index in [1.165, 1.54) is 6.92 Å². The van der Waals surface area contributed by atoms with E-state index in [0.29, 0.717) is 75.5 Å². The van der Waals surface area contributed by atoms with Crippen molar-refractivity contribution in [1.82, 2.24) is 0 Å². The van der Waals surface area contributed by atoms with Crippen LogP contribution in [0.15, 0.2) is 30.3 Å². The van der Waals surface area contributed by atoms with E-state index in [2.05, 4.69) is 0 Å². The van der Waals surface area contributed by atoms with Crippen LogP contribution < -0.4 is 14.2 Å². The second kappa shape index (κ2) is 15.3. The van der Waals surface area contributed by atoms with Gasteiger partial charge in [0.25, 0.3) is 0 Å². The molecule has 34 heavy (non-hydrogen) atoms. The molecule has 2 aromatic rings. The second-order valence-electron chi connectivity index (χ2n) is 7.43. The van der Waals surface area contributed by atoms with E-state index < -0.39 is 0 Å². The van der Waals surface area contributed by atoms with Gasteiger partial charge in [-0.05, 0) is 36.6 Å². The van der Waals surface area contributed by atoms with Gasteiger partial charge in [0.1, 0.15) is 30.5 Å². The van der Waals surface area contributed by atoms with Crippen LogP contribution in [0.4, 0.5) is 0 Å². The fourth-order valence-corrected chi connectivity index (χ4v) is 3.53. The van der Waals surface area contributed by atoms with Crippen LogP contribution in [0.3, 0.4) is 0 Å². The van der Waals surface area contributed by atoms with E-state index in [-0.39, 0.29) is 5.78 Å². The van der Waals surface area contributed by atoms with E-state index in [0.717, 1.165) is 16.7 Å². The number of ether oxygens (including phenoxy) is 7. The van der Waals surface area contributed by atoms with Gasteiger partial charge in [0, 0.05) is 33.0 Å². The lowest BCUT2D eigenvalue weighted by atomic mass is 9.90. The third kappa shape index (κ3) is 7.99. The van der Waals surface area contributed by atoms with Crippen LogP contribution in [0.1, 0.15) is 22.8 Å². The molecular weight excluding hydrogens is 440 g/mol. The second-order valence-corrected chi connectivity index (χ2v) is 7.43. The summed E-state index contributed by atoms with van der Waals surface area (Å²) in [5.74, 6) is 1.64. The standard InChI is InChI=1S/C26H36O8/c1-19(27)25-22(9-10-32-14-11-28-2)26(20-7-6-8-21(17-20)31-5)24(34-16-13-30-4)18-23(25)33-15-12-29-3/h6-8,17-18H,9-16H2,1-5H3. The van der Waals surface area contributed by atoms with Crippen LogP contribution in [-0.2, 0) is 25.4 Å². The number of ketones is 1. The third-order valence-electron chi connectivity index (χ3n) is 5.09. The van der Waals surface area contributed by atoms with E-state index in [9.17, 15) is 4.79 Å². The molecule has 0 heterocycles. The van der Waals surface area contributed by atoms with Crippen molar-refractivity contribution in [3.8, 4) is 28.4 Å². The molecule has 0 spiro atoms. The number of carbonyl (C=O) groups excluding carboxylic acids is 1. The quantitative estimate of drug-likeness (QED) is 0.252. The molecule has 0 radical (unpaired) electrons. The summed E-state index contributed by atoms with van der Waals surface area (Å²) in [4.78, 5) is 12.9. The van der Waals surface area contributed by atoms with Crippen molar-refractivity contribution < 1.29 is 38.0 Å². The molecule has 0 N–H and O–H groups in total. The SMILES string of the molecule is COCCOCCc1c(C(C)=O)c(OCCOC)cc(OCCOC)c1-c1cccc(OC)c1. The topological polar surface area (TPSA) is 81.7 Å². The minimum atomic E-state index is -0.105. The first-order chi connectivity index (χ1) is 16.6. The smallest absolute Gasteiger partial charge is 0.163 e. The molecule has 0 aliphatic heterocycles. The molecule has 8 heteroatoms. The molecule has 0 saturated heterocycles. The molecule has 0 amide bonds. The van der Waals surface area contributed by atoms with E-state index in [1.54, 1.807) is 34.5 Å². The van der Waals surface area contributed by atoms with Gasteiger partial charge >= 0.3 is 0 Å². The molecule has 0 aromatic heterocycles. The molecule has 0 bridgehead atoms. The van der Waals surface area contributed by atoms with Gasteiger partial charge in [0.2, 0.25) is 0 Å². The Balaban J connectivity index is 2.65. The van der Waals surface area contributed by atoms with Crippen molar-refractivity contribution in [3.63, 3.8) is 0 Å². The Morgan fingerprint density at radius 3 is 2.03 bits per heavy atom. The predicted octanol–water partition coefficient (Wildman–Crippen LogP) is 3.82. The Labute approximate surface area is 202 Å². The largest absolute Gasteiger partial charge is 0.497 e. The summed E-state index contributed by atoms with van der Waals surface area (Å²) in [6.07, 6.45) is 0.479. The summed E-state index contributed by atoms with van der Waals surface area (Å²) in [5, 5.41) is 0. The van der Waals surface area contributed by atoms with Crippen molar-refractivity contribution >= 4 is 5.78 Å². The molecule has 2 aromatic carbocycles. The molecule has 8 nitrogen and oxygen atoms in total. The van der Waals surface area contributed by atoms with Crippen LogP contribution in [0, 0.1) is 0 Å². The zero-order chi connectivity index (χ0) is 24.8. The number of benzene rings is 2. The van der Waals surface area contributed by atoms with Crippen molar-refractivity contribution in [2.45, 2.75) is 13.3 Å². The number of Topliss-reactive ketones (excluding diaryl/α,β-unsaturated/α-hetero) is 1. The molecular formula is C26H36O8. The highest BCUT2D eigenvalue weighted by atomic mass is 16.5.